The summed E-state index contributed by atoms with van der Waals surface area (Å²) in [5.74, 6) is 0. The van der Waals surface area contributed by atoms with Gasteiger partial charge in [0, 0.05) is 16.3 Å². The number of hydrogen-bond donors (Lipinski definition) is 1. The first-order valence-corrected chi connectivity index (χ1v) is 4.48. The lowest BCUT2D eigenvalue weighted by Crippen LogP contribution is -2.50. The third-order valence-corrected chi connectivity index (χ3v) is 1.89. The molecule has 0 aliphatic rings. The van der Waals surface area contributed by atoms with E-state index in [2.05, 4.69) is 15.3 Å². The van der Waals surface area contributed by atoms with Crippen LogP contribution in [0.4, 0.5) is 11.4 Å². The van der Waals surface area contributed by atoms with Gasteiger partial charge >= 0.3 is 0 Å². The lowest BCUT2D eigenvalue weighted by molar-refractivity contribution is -0.881. The summed E-state index contributed by atoms with van der Waals surface area (Å²) in [6.45, 7) is -10.7. The largest absolute Gasteiger partial charge is 0.330 e. The zero-order valence-corrected chi connectivity index (χ0v) is 8.66. The lowest BCUT2D eigenvalue weighted by atomic mass is 10.2. The lowest BCUT2D eigenvalue weighted by Gasteiger charge is -2.31. The summed E-state index contributed by atoms with van der Waals surface area (Å²) in [5.41, 5.74) is 8.63. The number of nitrogens with one attached hydrogen (secondary N) is 1. The van der Waals surface area contributed by atoms with E-state index in [0.717, 1.165) is 0 Å². The van der Waals surface area contributed by atoms with E-state index in [-0.39, 0.29) is 17.7 Å². The summed E-state index contributed by atoms with van der Waals surface area (Å²) >= 11 is 0. The van der Waals surface area contributed by atoms with Crippen molar-refractivity contribution in [2.45, 2.75) is 6.17 Å². The van der Waals surface area contributed by atoms with Crippen LogP contribution in [0.25, 0.3) is 10.4 Å². The summed E-state index contributed by atoms with van der Waals surface area (Å²) in [6, 6.07) is 5.21. The van der Waals surface area contributed by atoms with Gasteiger partial charge in [0.15, 0.2) is 6.29 Å². The van der Waals surface area contributed by atoms with E-state index in [4.69, 9.17) is 17.9 Å². The quantitative estimate of drug-likeness (QED) is 0.215. The van der Waals surface area contributed by atoms with Gasteiger partial charge in [-0.15, -0.1) is 0 Å². The number of likely N-dealkylation sites (N-methyl/N-ethyl adjacent to an activating group) is 1. The first-order chi connectivity index (χ1) is 11.7. The summed E-state index contributed by atoms with van der Waals surface area (Å²) in [5, 5.41) is 5.67. The SMILES string of the molecule is [2H]C([2H])([2H])[N+](C(C=O)Nc1ccc(N=[N+]=[N-])cc1)(C([2H])([2H])[2H])C([2H])([2H])[2H]. The first-order valence-electron chi connectivity index (χ1n) is 8.98. The standard InChI is InChI=1S/C11H16N5O/c1-16(2,3)11(8-17)13-9-4-6-10(7-5-9)14-15-12/h4-8,11,13H,1-3H3/q+1/i1D3,2D3,3D3. The maximum atomic E-state index is 11.6. The minimum absolute atomic E-state index is 0.0630. The highest BCUT2D eigenvalue weighted by Gasteiger charge is 2.22. The molecule has 1 N–H and O–H groups in total. The number of carbonyl (C=O) groups excluding carboxylic acids is 1. The predicted molar refractivity (Wildman–Crippen MR) is 66.8 cm³/mol. The number of carbonyl (C=O) groups is 1. The number of anilines is 1. The average Bonchev–Trinajstić information content (AvgIpc) is 2.44. The third kappa shape index (κ3) is 3.79. The molecule has 0 fully saturated rings. The minimum atomic E-state index is -3.57. The molecule has 1 aromatic carbocycles. The van der Waals surface area contributed by atoms with Crippen molar-refractivity contribution in [3.05, 3.63) is 34.7 Å². The smallest absolute Gasteiger partial charge is 0.218 e. The van der Waals surface area contributed by atoms with Crippen LogP contribution in [-0.4, -0.2) is 37.9 Å². The molecule has 0 aromatic heterocycles. The Labute approximate surface area is 113 Å². The summed E-state index contributed by atoms with van der Waals surface area (Å²) in [7, 11) is 0. The second-order valence-electron chi connectivity index (χ2n) is 3.18. The number of quaternary nitrogens is 1. The molecule has 0 spiro atoms. The molecule has 90 valence electrons. The summed E-state index contributed by atoms with van der Waals surface area (Å²) in [6.07, 6.45) is -2.19. The van der Waals surface area contributed by atoms with Crippen LogP contribution >= 0.6 is 0 Å². The minimum Gasteiger partial charge on any atom is -0.330 e. The Hall–Kier alpha value is -2.04. The number of nitrogens with zero attached hydrogens (tertiary/aromatic N) is 4. The number of hydrogen-bond acceptors (Lipinski definition) is 3. The molecule has 0 bridgehead atoms. The second-order valence-corrected chi connectivity index (χ2v) is 3.18. The molecule has 0 saturated carbocycles. The fraction of sp³-hybridized carbons (Fsp3) is 0.364. The zero-order valence-electron chi connectivity index (χ0n) is 17.7. The predicted octanol–water partition coefficient (Wildman–Crippen LogP) is 2.27. The number of benzene rings is 1. The van der Waals surface area contributed by atoms with Gasteiger partial charge in [-0.1, -0.05) is 17.2 Å². The fourth-order valence-corrected chi connectivity index (χ4v) is 1.07. The zero-order chi connectivity index (χ0) is 20.4. The van der Waals surface area contributed by atoms with Crippen LogP contribution in [0, 0.1) is 0 Å². The monoisotopic (exact) mass is 243 g/mol. The van der Waals surface area contributed by atoms with Crippen molar-refractivity contribution in [1.29, 1.82) is 0 Å². The normalized spacial score (nSPS) is 22.5. The number of aldehydes is 1. The van der Waals surface area contributed by atoms with Crippen molar-refractivity contribution in [3.63, 3.8) is 0 Å². The molecular weight excluding hydrogens is 218 g/mol. The second kappa shape index (κ2) is 5.34. The Bertz CT molecular complexity index is 652. The molecule has 0 amide bonds. The van der Waals surface area contributed by atoms with Crippen LogP contribution < -0.4 is 5.32 Å². The van der Waals surface area contributed by atoms with Crippen LogP contribution in [0.2, 0.25) is 0 Å². The molecule has 1 aromatic rings. The highest BCUT2D eigenvalue weighted by molar-refractivity contribution is 5.63. The van der Waals surface area contributed by atoms with Crippen molar-refractivity contribution in [2.24, 2.45) is 5.11 Å². The molecule has 1 rings (SSSR count). The van der Waals surface area contributed by atoms with Crippen LogP contribution in [0.5, 0.6) is 0 Å². The van der Waals surface area contributed by atoms with Gasteiger partial charge in [0.25, 0.3) is 0 Å². The van der Waals surface area contributed by atoms with E-state index in [1.54, 1.807) is 0 Å². The molecule has 0 radical (unpaired) electrons. The Kier molecular flexibility index (Phi) is 1.59. The molecule has 17 heavy (non-hydrogen) atoms. The maximum absolute atomic E-state index is 11.6. The summed E-state index contributed by atoms with van der Waals surface area (Å²) < 4.78 is 65.7. The van der Waals surface area contributed by atoms with Gasteiger partial charge in [-0.25, -0.2) is 0 Å². The topological polar surface area (TPSA) is 77.9 Å². The molecular formula is C11H16N5O+. The Morgan fingerprint density at radius 2 is 2.12 bits per heavy atom. The van der Waals surface area contributed by atoms with Gasteiger partial charge in [0.05, 0.1) is 33.3 Å². The Balaban J connectivity index is 3.51. The molecule has 6 nitrogen and oxygen atoms in total. The first kappa shape index (κ1) is 5.08. The molecule has 0 heterocycles. The molecule has 1 atom stereocenters. The van der Waals surface area contributed by atoms with Crippen molar-refractivity contribution in [1.82, 2.24) is 0 Å². The maximum Gasteiger partial charge on any atom is 0.218 e. The van der Waals surface area contributed by atoms with Crippen LogP contribution in [0.1, 0.15) is 12.3 Å². The van der Waals surface area contributed by atoms with E-state index >= 15 is 0 Å². The van der Waals surface area contributed by atoms with Gasteiger partial charge in [-0.2, -0.15) is 0 Å². The van der Waals surface area contributed by atoms with Crippen LogP contribution in [0.15, 0.2) is 29.4 Å². The summed E-state index contributed by atoms with van der Waals surface area (Å²) in [4.78, 5) is 14.1. The van der Waals surface area contributed by atoms with Gasteiger partial charge in [0.2, 0.25) is 6.17 Å². The van der Waals surface area contributed by atoms with Gasteiger partial charge in [-0.3, -0.25) is 4.79 Å². The highest BCUT2D eigenvalue weighted by Crippen LogP contribution is 2.17. The van der Waals surface area contributed by atoms with E-state index in [0.29, 0.717) is 0 Å². The Morgan fingerprint density at radius 3 is 2.59 bits per heavy atom. The Morgan fingerprint density at radius 1 is 1.47 bits per heavy atom. The molecule has 0 aliphatic carbocycles. The van der Waals surface area contributed by atoms with Crippen molar-refractivity contribution >= 4 is 17.7 Å². The van der Waals surface area contributed by atoms with E-state index in [9.17, 15) is 4.79 Å². The molecule has 6 heteroatoms. The van der Waals surface area contributed by atoms with E-state index in [1.165, 1.54) is 24.3 Å². The van der Waals surface area contributed by atoms with Crippen molar-refractivity contribution < 1.29 is 21.6 Å². The highest BCUT2D eigenvalue weighted by atomic mass is 16.1. The van der Waals surface area contributed by atoms with Gasteiger partial charge in [0.1, 0.15) is 0 Å². The van der Waals surface area contributed by atoms with E-state index in [1.807, 2.05) is 0 Å². The van der Waals surface area contributed by atoms with Gasteiger partial charge in [-0.05, 0) is 17.7 Å². The third-order valence-electron chi connectivity index (χ3n) is 1.89. The molecule has 0 aliphatic heterocycles. The molecule has 0 saturated heterocycles. The molecule has 1 unspecified atom stereocenters. The van der Waals surface area contributed by atoms with E-state index < -0.39 is 31.6 Å². The fourth-order valence-electron chi connectivity index (χ4n) is 1.07. The number of rotatable bonds is 5. The van der Waals surface area contributed by atoms with Gasteiger partial charge < -0.3 is 9.80 Å². The average molecular weight is 243 g/mol. The number of azide groups is 1. The van der Waals surface area contributed by atoms with Crippen LogP contribution in [0.3, 0.4) is 0 Å². The van der Waals surface area contributed by atoms with Crippen molar-refractivity contribution in [3.8, 4) is 0 Å². The van der Waals surface area contributed by atoms with Crippen LogP contribution in [-0.2, 0) is 4.79 Å². The van der Waals surface area contributed by atoms with Crippen molar-refractivity contribution in [2.75, 3.05) is 26.2 Å².